The molecule has 0 aliphatic heterocycles. The molecule has 146 valence electrons. The number of amides is 2. The van der Waals surface area contributed by atoms with E-state index in [0.29, 0.717) is 25.4 Å². The van der Waals surface area contributed by atoms with Crippen LogP contribution in [0.25, 0.3) is 10.8 Å². The van der Waals surface area contributed by atoms with Crippen molar-refractivity contribution in [2.75, 3.05) is 26.2 Å². The molecule has 0 aliphatic rings. The maximum Gasteiger partial charge on any atom is 0.410 e. The van der Waals surface area contributed by atoms with Gasteiger partial charge in [-0.3, -0.25) is 4.79 Å². The molecule has 0 aliphatic carbocycles. The SMILES string of the molecule is CCN(CCNC(=O)COc1ccc2ccccc2c1)C(=O)OC(C)(C)C. The molecule has 0 radical (unpaired) electrons. The monoisotopic (exact) mass is 372 g/mol. The Bertz CT molecular complexity index is 783. The molecule has 0 fully saturated rings. The summed E-state index contributed by atoms with van der Waals surface area (Å²) in [6.07, 6.45) is -0.383. The van der Waals surface area contributed by atoms with Crippen molar-refractivity contribution in [2.45, 2.75) is 33.3 Å². The number of ether oxygens (including phenoxy) is 2. The lowest BCUT2D eigenvalue weighted by atomic mass is 10.1. The highest BCUT2D eigenvalue weighted by Crippen LogP contribution is 2.20. The van der Waals surface area contributed by atoms with E-state index in [4.69, 9.17) is 9.47 Å². The van der Waals surface area contributed by atoms with Gasteiger partial charge in [-0.1, -0.05) is 30.3 Å². The Morgan fingerprint density at radius 3 is 2.44 bits per heavy atom. The molecule has 2 rings (SSSR count). The highest BCUT2D eigenvalue weighted by Gasteiger charge is 2.20. The number of carbonyl (C=O) groups is 2. The van der Waals surface area contributed by atoms with Crippen LogP contribution in [-0.4, -0.2) is 48.7 Å². The minimum Gasteiger partial charge on any atom is -0.484 e. The Kier molecular flexibility index (Phi) is 7.05. The minimum atomic E-state index is -0.540. The van der Waals surface area contributed by atoms with Gasteiger partial charge in [-0.05, 0) is 50.6 Å². The molecule has 2 aromatic rings. The molecular weight excluding hydrogens is 344 g/mol. The third-order valence-electron chi connectivity index (χ3n) is 3.83. The Balaban J connectivity index is 1.75. The molecule has 2 aromatic carbocycles. The highest BCUT2D eigenvalue weighted by molar-refractivity contribution is 5.84. The molecule has 0 bridgehead atoms. The Hall–Kier alpha value is -2.76. The molecule has 0 unspecified atom stereocenters. The maximum atomic E-state index is 12.0. The smallest absolute Gasteiger partial charge is 0.410 e. The summed E-state index contributed by atoms with van der Waals surface area (Å²) in [6, 6.07) is 13.7. The first-order valence-electron chi connectivity index (χ1n) is 9.14. The Labute approximate surface area is 160 Å². The van der Waals surface area contributed by atoms with Crippen molar-refractivity contribution in [3.8, 4) is 5.75 Å². The van der Waals surface area contributed by atoms with Crippen molar-refractivity contribution in [3.05, 3.63) is 42.5 Å². The van der Waals surface area contributed by atoms with Crippen molar-refractivity contribution in [2.24, 2.45) is 0 Å². The van der Waals surface area contributed by atoms with Crippen LogP contribution in [0, 0.1) is 0 Å². The zero-order valence-corrected chi connectivity index (χ0v) is 16.5. The second-order valence-corrected chi connectivity index (χ2v) is 7.21. The number of fused-ring (bicyclic) bond motifs is 1. The summed E-state index contributed by atoms with van der Waals surface area (Å²) in [5.41, 5.74) is -0.540. The normalized spacial score (nSPS) is 11.1. The van der Waals surface area contributed by atoms with Crippen molar-refractivity contribution < 1.29 is 19.1 Å². The molecular formula is C21H28N2O4. The lowest BCUT2D eigenvalue weighted by Gasteiger charge is -2.26. The predicted molar refractivity (Wildman–Crippen MR) is 106 cm³/mol. The summed E-state index contributed by atoms with van der Waals surface area (Å²) >= 11 is 0. The van der Waals surface area contributed by atoms with E-state index >= 15 is 0 Å². The van der Waals surface area contributed by atoms with Gasteiger partial charge in [0.1, 0.15) is 11.4 Å². The van der Waals surface area contributed by atoms with Crippen LogP contribution in [0.2, 0.25) is 0 Å². The summed E-state index contributed by atoms with van der Waals surface area (Å²) < 4.78 is 10.9. The standard InChI is InChI=1S/C21H28N2O4/c1-5-23(20(25)27-21(2,3)4)13-12-22-19(24)15-26-18-11-10-16-8-6-7-9-17(16)14-18/h6-11,14H,5,12-13,15H2,1-4H3,(H,22,24). The fourth-order valence-corrected chi connectivity index (χ4v) is 2.49. The van der Waals surface area contributed by atoms with Crippen LogP contribution < -0.4 is 10.1 Å². The molecule has 1 N–H and O–H groups in total. The van der Waals surface area contributed by atoms with Gasteiger partial charge in [-0.15, -0.1) is 0 Å². The molecule has 0 saturated heterocycles. The second kappa shape index (κ2) is 9.26. The fraction of sp³-hybridized carbons (Fsp3) is 0.429. The number of benzene rings is 2. The van der Waals surface area contributed by atoms with Crippen LogP contribution in [0.3, 0.4) is 0 Å². The molecule has 6 nitrogen and oxygen atoms in total. The van der Waals surface area contributed by atoms with Crippen LogP contribution in [-0.2, 0) is 9.53 Å². The summed E-state index contributed by atoms with van der Waals surface area (Å²) in [5.74, 6) is 0.413. The van der Waals surface area contributed by atoms with Crippen LogP contribution in [0.1, 0.15) is 27.7 Å². The van der Waals surface area contributed by atoms with E-state index in [2.05, 4.69) is 5.32 Å². The molecule has 2 amide bonds. The van der Waals surface area contributed by atoms with Gasteiger partial charge in [0.15, 0.2) is 6.61 Å². The second-order valence-electron chi connectivity index (χ2n) is 7.21. The van der Waals surface area contributed by atoms with Gasteiger partial charge in [0.05, 0.1) is 0 Å². The highest BCUT2D eigenvalue weighted by atomic mass is 16.6. The van der Waals surface area contributed by atoms with Gasteiger partial charge in [-0.2, -0.15) is 0 Å². The predicted octanol–water partition coefficient (Wildman–Crippen LogP) is 3.59. The summed E-state index contributed by atoms with van der Waals surface area (Å²) in [5, 5.41) is 4.94. The lowest BCUT2D eigenvalue weighted by molar-refractivity contribution is -0.123. The maximum absolute atomic E-state index is 12.0. The first-order chi connectivity index (χ1) is 12.8. The van der Waals surface area contributed by atoms with Crippen molar-refractivity contribution in [1.29, 1.82) is 0 Å². The minimum absolute atomic E-state index is 0.0725. The fourth-order valence-electron chi connectivity index (χ4n) is 2.49. The van der Waals surface area contributed by atoms with Crippen LogP contribution >= 0.6 is 0 Å². The number of likely N-dealkylation sites (N-methyl/N-ethyl adjacent to an activating group) is 1. The zero-order chi connectivity index (χ0) is 19.9. The summed E-state index contributed by atoms with van der Waals surface area (Å²) in [7, 11) is 0. The van der Waals surface area contributed by atoms with E-state index in [1.165, 1.54) is 0 Å². The number of hydrogen-bond donors (Lipinski definition) is 1. The van der Waals surface area contributed by atoms with Gasteiger partial charge in [0.25, 0.3) is 5.91 Å². The van der Waals surface area contributed by atoms with E-state index in [1.807, 2.05) is 70.2 Å². The first kappa shape index (κ1) is 20.6. The van der Waals surface area contributed by atoms with Crippen molar-refractivity contribution in [3.63, 3.8) is 0 Å². The average molecular weight is 372 g/mol. The van der Waals surface area contributed by atoms with E-state index in [1.54, 1.807) is 4.90 Å². The third kappa shape index (κ3) is 6.81. The van der Waals surface area contributed by atoms with Crippen LogP contribution in [0.5, 0.6) is 5.75 Å². The van der Waals surface area contributed by atoms with Crippen molar-refractivity contribution >= 4 is 22.8 Å². The molecule has 27 heavy (non-hydrogen) atoms. The number of hydrogen-bond acceptors (Lipinski definition) is 4. The quantitative estimate of drug-likeness (QED) is 0.806. The lowest BCUT2D eigenvalue weighted by Crippen LogP contribution is -2.42. The van der Waals surface area contributed by atoms with Gasteiger partial charge in [0, 0.05) is 19.6 Å². The number of carbonyl (C=O) groups excluding carboxylic acids is 2. The topological polar surface area (TPSA) is 67.9 Å². The summed E-state index contributed by atoms with van der Waals surface area (Å²) in [6.45, 7) is 8.50. The molecule has 0 atom stereocenters. The van der Waals surface area contributed by atoms with Gasteiger partial charge < -0.3 is 19.7 Å². The molecule has 6 heteroatoms. The van der Waals surface area contributed by atoms with Gasteiger partial charge in [-0.25, -0.2) is 4.79 Å². The van der Waals surface area contributed by atoms with E-state index in [0.717, 1.165) is 10.8 Å². The van der Waals surface area contributed by atoms with Gasteiger partial charge >= 0.3 is 6.09 Å². The van der Waals surface area contributed by atoms with E-state index < -0.39 is 5.60 Å². The first-order valence-corrected chi connectivity index (χ1v) is 9.14. The third-order valence-corrected chi connectivity index (χ3v) is 3.83. The number of rotatable bonds is 7. The Morgan fingerprint density at radius 1 is 1.07 bits per heavy atom. The largest absolute Gasteiger partial charge is 0.484 e. The molecule has 0 aromatic heterocycles. The van der Waals surface area contributed by atoms with Gasteiger partial charge in [0.2, 0.25) is 0 Å². The number of nitrogens with one attached hydrogen (secondary N) is 1. The average Bonchev–Trinajstić information content (AvgIpc) is 2.62. The molecule has 0 spiro atoms. The van der Waals surface area contributed by atoms with E-state index in [9.17, 15) is 9.59 Å². The Morgan fingerprint density at radius 2 is 1.78 bits per heavy atom. The molecule has 0 saturated carbocycles. The van der Waals surface area contributed by atoms with Crippen LogP contribution in [0.15, 0.2) is 42.5 Å². The van der Waals surface area contributed by atoms with Crippen LogP contribution in [0.4, 0.5) is 4.79 Å². The van der Waals surface area contributed by atoms with Crippen molar-refractivity contribution in [1.82, 2.24) is 10.2 Å². The zero-order valence-electron chi connectivity index (χ0n) is 16.5. The van der Waals surface area contributed by atoms with E-state index in [-0.39, 0.29) is 18.6 Å². The number of nitrogens with zero attached hydrogens (tertiary/aromatic N) is 1. The molecule has 0 heterocycles. The summed E-state index contributed by atoms with van der Waals surface area (Å²) in [4.78, 5) is 25.6.